The summed E-state index contributed by atoms with van der Waals surface area (Å²) in [5, 5.41) is 0. The SMILES string of the molecule is C#CC(C)(C)C1CC2CCC1C2. The zero-order chi connectivity index (χ0) is 8.77. The van der Waals surface area contributed by atoms with Gasteiger partial charge in [-0.1, -0.05) is 6.42 Å². The molecule has 0 amide bonds. The van der Waals surface area contributed by atoms with E-state index in [1.807, 2.05) is 0 Å². The molecule has 2 rings (SSSR count). The molecule has 2 aliphatic carbocycles. The fourth-order valence-corrected chi connectivity index (χ4v) is 3.24. The smallest absolute Gasteiger partial charge is 0.0286 e. The van der Waals surface area contributed by atoms with E-state index in [0.717, 1.165) is 17.8 Å². The highest BCUT2D eigenvalue weighted by Gasteiger charge is 2.45. The van der Waals surface area contributed by atoms with Crippen molar-refractivity contribution in [3.8, 4) is 12.3 Å². The van der Waals surface area contributed by atoms with Crippen LogP contribution in [0, 0.1) is 35.5 Å². The lowest BCUT2D eigenvalue weighted by Crippen LogP contribution is -2.27. The van der Waals surface area contributed by atoms with Gasteiger partial charge in [0.15, 0.2) is 0 Å². The Morgan fingerprint density at radius 3 is 2.42 bits per heavy atom. The molecule has 0 N–H and O–H groups in total. The molecular formula is C12H18. The fraction of sp³-hybridized carbons (Fsp3) is 0.833. The van der Waals surface area contributed by atoms with Crippen LogP contribution < -0.4 is 0 Å². The van der Waals surface area contributed by atoms with Gasteiger partial charge < -0.3 is 0 Å². The van der Waals surface area contributed by atoms with E-state index >= 15 is 0 Å². The lowest BCUT2D eigenvalue weighted by Gasteiger charge is -2.33. The standard InChI is InChI=1S/C12H18/c1-4-12(2,3)11-8-9-5-6-10(11)7-9/h1,9-11H,5-8H2,2-3H3. The van der Waals surface area contributed by atoms with E-state index in [0.29, 0.717) is 0 Å². The first-order valence-corrected chi connectivity index (χ1v) is 5.11. The highest BCUT2D eigenvalue weighted by atomic mass is 14.5. The molecule has 0 saturated heterocycles. The van der Waals surface area contributed by atoms with Crippen LogP contribution in [0.25, 0.3) is 0 Å². The summed E-state index contributed by atoms with van der Waals surface area (Å²) in [6.07, 6.45) is 11.4. The molecule has 0 aromatic heterocycles. The summed E-state index contributed by atoms with van der Waals surface area (Å²) in [4.78, 5) is 0. The highest BCUT2D eigenvalue weighted by Crippen LogP contribution is 2.54. The molecule has 0 spiro atoms. The third-order valence-electron chi connectivity index (χ3n) is 4.04. The first kappa shape index (κ1) is 8.17. The minimum Gasteiger partial charge on any atom is -0.120 e. The van der Waals surface area contributed by atoms with Crippen molar-refractivity contribution >= 4 is 0 Å². The Labute approximate surface area is 75.7 Å². The normalized spacial score (nSPS) is 39.9. The molecular weight excluding hydrogens is 144 g/mol. The number of hydrogen-bond donors (Lipinski definition) is 0. The predicted molar refractivity (Wildman–Crippen MR) is 51.6 cm³/mol. The molecule has 2 bridgehead atoms. The summed E-state index contributed by atoms with van der Waals surface area (Å²) in [6, 6.07) is 0. The van der Waals surface area contributed by atoms with Crippen LogP contribution in [0.5, 0.6) is 0 Å². The van der Waals surface area contributed by atoms with Crippen LogP contribution in [0.1, 0.15) is 39.5 Å². The lowest BCUT2D eigenvalue weighted by atomic mass is 9.71. The maximum atomic E-state index is 5.57. The van der Waals surface area contributed by atoms with Gasteiger partial charge in [0, 0.05) is 5.41 Å². The minimum atomic E-state index is 0.153. The van der Waals surface area contributed by atoms with E-state index < -0.39 is 0 Å². The number of fused-ring (bicyclic) bond motifs is 2. The van der Waals surface area contributed by atoms with E-state index in [2.05, 4.69) is 19.8 Å². The van der Waals surface area contributed by atoms with E-state index in [-0.39, 0.29) is 5.41 Å². The molecule has 0 nitrogen and oxygen atoms in total. The van der Waals surface area contributed by atoms with Crippen molar-refractivity contribution in [2.75, 3.05) is 0 Å². The zero-order valence-electron chi connectivity index (χ0n) is 8.14. The van der Waals surface area contributed by atoms with Crippen molar-refractivity contribution < 1.29 is 0 Å². The van der Waals surface area contributed by atoms with Crippen LogP contribution >= 0.6 is 0 Å². The van der Waals surface area contributed by atoms with Gasteiger partial charge in [0.25, 0.3) is 0 Å². The second kappa shape index (κ2) is 2.52. The Morgan fingerprint density at radius 1 is 1.25 bits per heavy atom. The average molecular weight is 162 g/mol. The summed E-state index contributed by atoms with van der Waals surface area (Å²) >= 11 is 0. The second-order valence-corrected chi connectivity index (χ2v) is 5.15. The molecule has 3 unspecified atom stereocenters. The first-order chi connectivity index (χ1) is 5.63. The van der Waals surface area contributed by atoms with E-state index in [9.17, 15) is 0 Å². The summed E-state index contributed by atoms with van der Waals surface area (Å²) in [6.45, 7) is 4.47. The van der Waals surface area contributed by atoms with Crippen molar-refractivity contribution in [2.24, 2.45) is 23.2 Å². The van der Waals surface area contributed by atoms with Crippen molar-refractivity contribution in [3.05, 3.63) is 0 Å². The maximum Gasteiger partial charge on any atom is 0.0286 e. The molecule has 0 aromatic rings. The number of hydrogen-bond acceptors (Lipinski definition) is 0. The average Bonchev–Trinajstić information content (AvgIpc) is 2.64. The Balaban J connectivity index is 2.13. The molecule has 0 aliphatic heterocycles. The largest absolute Gasteiger partial charge is 0.120 e. The van der Waals surface area contributed by atoms with Crippen molar-refractivity contribution in [1.82, 2.24) is 0 Å². The lowest BCUT2D eigenvalue weighted by molar-refractivity contribution is 0.199. The van der Waals surface area contributed by atoms with Gasteiger partial charge in [-0.05, 0) is 50.9 Å². The zero-order valence-corrected chi connectivity index (χ0v) is 8.14. The van der Waals surface area contributed by atoms with Crippen LogP contribution in [0.15, 0.2) is 0 Å². The summed E-state index contributed by atoms with van der Waals surface area (Å²) in [7, 11) is 0. The molecule has 0 heteroatoms. The summed E-state index contributed by atoms with van der Waals surface area (Å²) in [5.41, 5.74) is 0.153. The predicted octanol–water partition coefficient (Wildman–Crippen LogP) is 3.08. The molecule has 66 valence electrons. The summed E-state index contributed by atoms with van der Waals surface area (Å²) in [5.74, 6) is 5.77. The molecule has 0 radical (unpaired) electrons. The van der Waals surface area contributed by atoms with Crippen LogP contribution in [0.3, 0.4) is 0 Å². The first-order valence-electron chi connectivity index (χ1n) is 5.11. The third kappa shape index (κ3) is 1.07. The maximum absolute atomic E-state index is 5.57. The van der Waals surface area contributed by atoms with Crippen LogP contribution in [0.4, 0.5) is 0 Å². The molecule has 2 fully saturated rings. The molecule has 2 saturated carbocycles. The van der Waals surface area contributed by atoms with E-state index in [1.54, 1.807) is 0 Å². The number of rotatable bonds is 1. The molecule has 3 atom stereocenters. The van der Waals surface area contributed by atoms with Gasteiger partial charge in [0.2, 0.25) is 0 Å². The second-order valence-electron chi connectivity index (χ2n) is 5.15. The van der Waals surface area contributed by atoms with Gasteiger partial charge in [-0.25, -0.2) is 0 Å². The Bertz CT molecular complexity index is 219. The highest BCUT2D eigenvalue weighted by molar-refractivity contribution is 5.08. The van der Waals surface area contributed by atoms with Gasteiger partial charge in [0.1, 0.15) is 0 Å². The fourth-order valence-electron chi connectivity index (χ4n) is 3.24. The van der Waals surface area contributed by atoms with Gasteiger partial charge in [-0.15, -0.1) is 12.3 Å². The molecule has 0 aromatic carbocycles. The van der Waals surface area contributed by atoms with E-state index in [1.165, 1.54) is 25.7 Å². The topological polar surface area (TPSA) is 0 Å². The van der Waals surface area contributed by atoms with E-state index in [4.69, 9.17) is 6.42 Å². The quantitative estimate of drug-likeness (QED) is 0.520. The Morgan fingerprint density at radius 2 is 2.00 bits per heavy atom. The molecule has 2 aliphatic rings. The Hall–Kier alpha value is -0.440. The van der Waals surface area contributed by atoms with Crippen molar-refractivity contribution in [1.29, 1.82) is 0 Å². The molecule has 12 heavy (non-hydrogen) atoms. The van der Waals surface area contributed by atoms with Crippen LogP contribution in [-0.4, -0.2) is 0 Å². The minimum absolute atomic E-state index is 0.153. The summed E-state index contributed by atoms with van der Waals surface area (Å²) < 4.78 is 0. The van der Waals surface area contributed by atoms with Crippen molar-refractivity contribution in [2.45, 2.75) is 39.5 Å². The molecule has 0 heterocycles. The van der Waals surface area contributed by atoms with Crippen LogP contribution in [0.2, 0.25) is 0 Å². The monoisotopic (exact) mass is 162 g/mol. The third-order valence-corrected chi connectivity index (χ3v) is 4.04. The van der Waals surface area contributed by atoms with Crippen molar-refractivity contribution in [3.63, 3.8) is 0 Å². The van der Waals surface area contributed by atoms with Gasteiger partial charge in [-0.3, -0.25) is 0 Å². The van der Waals surface area contributed by atoms with Gasteiger partial charge in [0.05, 0.1) is 0 Å². The van der Waals surface area contributed by atoms with Gasteiger partial charge >= 0.3 is 0 Å². The Kier molecular flexibility index (Phi) is 1.72. The van der Waals surface area contributed by atoms with Gasteiger partial charge in [-0.2, -0.15) is 0 Å². The number of terminal acetylenes is 1. The van der Waals surface area contributed by atoms with Crippen LogP contribution in [-0.2, 0) is 0 Å².